The molecule has 0 aliphatic heterocycles. The van der Waals surface area contributed by atoms with Crippen LogP contribution in [0.2, 0.25) is 0 Å². The van der Waals surface area contributed by atoms with E-state index in [2.05, 4.69) is 32.3 Å². The number of anilines is 1. The van der Waals surface area contributed by atoms with Gasteiger partial charge in [0.05, 0.1) is 29.1 Å². The van der Waals surface area contributed by atoms with E-state index in [-0.39, 0.29) is 12.2 Å². The number of allylic oxidation sites excluding steroid dienone is 1. The van der Waals surface area contributed by atoms with Crippen LogP contribution in [0.15, 0.2) is 73.8 Å². The fourth-order valence-electron chi connectivity index (χ4n) is 3.08. The SMILES string of the molecule is CCOC(=O)c1ccccc1N/C=C(/C#N)c1nc(-c2cc3cc(Br)ccc3oc2=O)cs1. The number of carbonyl (C=O) groups is 1. The van der Waals surface area contributed by atoms with Crippen molar-refractivity contribution < 1.29 is 13.9 Å². The van der Waals surface area contributed by atoms with Gasteiger partial charge in [0.1, 0.15) is 22.2 Å². The predicted octanol–water partition coefficient (Wildman–Crippen LogP) is 5.83. The topological polar surface area (TPSA) is 105 Å². The van der Waals surface area contributed by atoms with E-state index in [1.807, 2.05) is 6.07 Å². The Labute approximate surface area is 201 Å². The minimum atomic E-state index is -0.509. The molecule has 0 amide bonds. The number of nitrogens with one attached hydrogen (secondary N) is 1. The molecule has 2 aromatic heterocycles. The maximum Gasteiger partial charge on any atom is 0.345 e. The van der Waals surface area contributed by atoms with Gasteiger partial charge in [0.25, 0.3) is 0 Å². The first kappa shape index (κ1) is 22.5. The fraction of sp³-hybridized carbons (Fsp3) is 0.0833. The van der Waals surface area contributed by atoms with Gasteiger partial charge in [-0.1, -0.05) is 28.1 Å². The standard InChI is InChI=1S/C24H16BrN3O4S/c1-2-31-23(29)17-5-3-4-6-19(17)27-12-15(11-26)22-28-20(13-33-22)18-10-14-9-16(25)7-8-21(14)32-24(18)30/h3-10,12-13,27H,2H2,1H3/b15-12-. The van der Waals surface area contributed by atoms with Crippen LogP contribution in [0.4, 0.5) is 5.69 Å². The summed E-state index contributed by atoms with van der Waals surface area (Å²) in [5.74, 6) is -0.460. The molecule has 7 nitrogen and oxygen atoms in total. The number of nitriles is 1. The van der Waals surface area contributed by atoms with Gasteiger partial charge in [-0.3, -0.25) is 0 Å². The molecule has 33 heavy (non-hydrogen) atoms. The summed E-state index contributed by atoms with van der Waals surface area (Å²) in [6.07, 6.45) is 1.47. The van der Waals surface area contributed by atoms with E-state index in [4.69, 9.17) is 9.15 Å². The quantitative estimate of drug-likeness (QED) is 0.193. The minimum absolute atomic E-state index is 0.248. The van der Waals surface area contributed by atoms with E-state index in [9.17, 15) is 14.9 Å². The first-order chi connectivity index (χ1) is 16.0. The lowest BCUT2D eigenvalue weighted by atomic mass is 10.1. The molecular weight excluding hydrogens is 506 g/mol. The average Bonchev–Trinajstić information content (AvgIpc) is 3.29. The number of aromatic nitrogens is 1. The molecule has 0 radical (unpaired) electrons. The lowest BCUT2D eigenvalue weighted by molar-refractivity contribution is 0.0527. The van der Waals surface area contributed by atoms with E-state index in [1.54, 1.807) is 54.8 Å². The second kappa shape index (κ2) is 9.81. The van der Waals surface area contributed by atoms with Crippen LogP contribution < -0.4 is 10.9 Å². The zero-order chi connectivity index (χ0) is 23.4. The number of halogens is 1. The summed E-state index contributed by atoms with van der Waals surface area (Å²) >= 11 is 4.64. The molecule has 0 atom stereocenters. The molecule has 2 heterocycles. The van der Waals surface area contributed by atoms with Gasteiger partial charge in [-0.05, 0) is 43.3 Å². The summed E-state index contributed by atoms with van der Waals surface area (Å²) in [5.41, 5.74) is 1.79. The van der Waals surface area contributed by atoms with Gasteiger partial charge in [0.15, 0.2) is 0 Å². The highest BCUT2D eigenvalue weighted by atomic mass is 79.9. The van der Waals surface area contributed by atoms with Crippen molar-refractivity contribution in [1.82, 2.24) is 4.98 Å². The third-order valence-corrected chi connectivity index (χ3v) is 5.99. The van der Waals surface area contributed by atoms with Crippen molar-refractivity contribution in [2.24, 2.45) is 0 Å². The van der Waals surface area contributed by atoms with Gasteiger partial charge in [-0.2, -0.15) is 5.26 Å². The molecule has 0 aliphatic rings. The Morgan fingerprint density at radius 3 is 2.91 bits per heavy atom. The van der Waals surface area contributed by atoms with E-state index >= 15 is 0 Å². The van der Waals surface area contributed by atoms with Crippen molar-refractivity contribution in [1.29, 1.82) is 5.26 Å². The number of benzene rings is 2. The lowest BCUT2D eigenvalue weighted by Crippen LogP contribution is -2.07. The van der Waals surface area contributed by atoms with E-state index < -0.39 is 11.6 Å². The van der Waals surface area contributed by atoms with Crippen molar-refractivity contribution in [3.8, 4) is 17.3 Å². The molecule has 9 heteroatoms. The van der Waals surface area contributed by atoms with Gasteiger partial charge < -0.3 is 14.5 Å². The Hall–Kier alpha value is -3.74. The second-order valence-electron chi connectivity index (χ2n) is 6.75. The van der Waals surface area contributed by atoms with Crippen molar-refractivity contribution in [2.75, 3.05) is 11.9 Å². The summed E-state index contributed by atoms with van der Waals surface area (Å²) in [6, 6.07) is 16.0. The van der Waals surface area contributed by atoms with Crippen LogP contribution in [0.5, 0.6) is 0 Å². The summed E-state index contributed by atoms with van der Waals surface area (Å²) in [5, 5.41) is 15.5. The van der Waals surface area contributed by atoms with Gasteiger partial charge >= 0.3 is 11.6 Å². The number of fused-ring (bicyclic) bond motifs is 1. The molecule has 0 fully saturated rings. The maximum atomic E-state index is 12.5. The normalized spacial score (nSPS) is 11.2. The molecule has 4 rings (SSSR count). The third kappa shape index (κ3) is 4.87. The molecule has 164 valence electrons. The molecule has 0 saturated carbocycles. The Morgan fingerprint density at radius 2 is 2.12 bits per heavy atom. The number of para-hydroxylation sites is 1. The number of thiazole rings is 1. The van der Waals surface area contributed by atoms with Crippen molar-refractivity contribution in [3.63, 3.8) is 0 Å². The van der Waals surface area contributed by atoms with Gasteiger partial charge in [-0.25, -0.2) is 14.6 Å². The molecule has 4 aromatic rings. The number of carbonyl (C=O) groups excluding carboxylic acids is 1. The van der Waals surface area contributed by atoms with Crippen molar-refractivity contribution in [3.05, 3.63) is 85.6 Å². The van der Waals surface area contributed by atoms with Crippen LogP contribution in [0.1, 0.15) is 22.3 Å². The van der Waals surface area contributed by atoms with E-state index in [0.717, 1.165) is 9.86 Å². The number of rotatable bonds is 6. The Morgan fingerprint density at radius 1 is 1.30 bits per heavy atom. The number of nitrogens with zero attached hydrogens (tertiary/aromatic N) is 2. The summed E-state index contributed by atoms with van der Waals surface area (Å²) < 4.78 is 11.3. The van der Waals surface area contributed by atoms with Crippen LogP contribution in [-0.2, 0) is 4.74 Å². The Balaban J connectivity index is 1.64. The van der Waals surface area contributed by atoms with Crippen LogP contribution in [0.25, 0.3) is 27.8 Å². The molecule has 1 N–H and O–H groups in total. The first-order valence-electron chi connectivity index (χ1n) is 9.82. The lowest BCUT2D eigenvalue weighted by Gasteiger charge is -2.08. The molecule has 0 aliphatic carbocycles. The summed E-state index contributed by atoms with van der Waals surface area (Å²) in [4.78, 5) is 29.1. The largest absolute Gasteiger partial charge is 0.462 e. The van der Waals surface area contributed by atoms with Gasteiger partial charge in [0.2, 0.25) is 0 Å². The van der Waals surface area contributed by atoms with E-state index in [0.29, 0.717) is 33.1 Å². The van der Waals surface area contributed by atoms with Crippen LogP contribution >= 0.6 is 27.3 Å². The summed E-state index contributed by atoms with van der Waals surface area (Å²) in [7, 11) is 0. The molecule has 0 saturated heterocycles. The number of ether oxygens (including phenoxy) is 1. The molecular formula is C24H16BrN3O4S. The Kier molecular flexibility index (Phi) is 6.68. The molecule has 0 spiro atoms. The highest BCUT2D eigenvalue weighted by Gasteiger charge is 2.15. The van der Waals surface area contributed by atoms with Crippen LogP contribution in [0, 0.1) is 11.3 Å². The monoisotopic (exact) mass is 521 g/mol. The van der Waals surface area contributed by atoms with Gasteiger partial charge in [0, 0.05) is 21.4 Å². The predicted molar refractivity (Wildman–Crippen MR) is 131 cm³/mol. The number of hydrogen-bond donors (Lipinski definition) is 1. The average molecular weight is 522 g/mol. The second-order valence-corrected chi connectivity index (χ2v) is 8.52. The van der Waals surface area contributed by atoms with Crippen LogP contribution in [0.3, 0.4) is 0 Å². The number of esters is 1. The number of hydrogen-bond acceptors (Lipinski definition) is 8. The first-order valence-corrected chi connectivity index (χ1v) is 11.5. The van der Waals surface area contributed by atoms with Crippen molar-refractivity contribution >= 4 is 55.5 Å². The molecule has 0 unspecified atom stereocenters. The highest BCUT2D eigenvalue weighted by Crippen LogP contribution is 2.28. The highest BCUT2D eigenvalue weighted by molar-refractivity contribution is 9.10. The molecule has 2 aromatic carbocycles. The minimum Gasteiger partial charge on any atom is -0.462 e. The summed E-state index contributed by atoms with van der Waals surface area (Å²) in [6.45, 7) is 1.99. The maximum absolute atomic E-state index is 12.5. The Bertz CT molecular complexity index is 1480. The fourth-order valence-corrected chi connectivity index (χ4v) is 4.25. The zero-order valence-electron chi connectivity index (χ0n) is 17.3. The van der Waals surface area contributed by atoms with Crippen LogP contribution in [-0.4, -0.2) is 17.6 Å². The zero-order valence-corrected chi connectivity index (χ0v) is 19.7. The van der Waals surface area contributed by atoms with E-state index in [1.165, 1.54) is 17.5 Å². The smallest absolute Gasteiger partial charge is 0.345 e. The van der Waals surface area contributed by atoms with Crippen molar-refractivity contribution in [2.45, 2.75) is 6.92 Å². The van der Waals surface area contributed by atoms with Gasteiger partial charge in [-0.15, -0.1) is 11.3 Å². The molecule has 0 bridgehead atoms. The third-order valence-electron chi connectivity index (χ3n) is 4.62.